The van der Waals surface area contributed by atoms with Gasteiger partial charge in [-0.25, -0.2) is 0 Å². The van der Waals surface area contributed by atoms with Gasteiger partial charge in [0.2, 0.25) is 0 Å². The van der Waals surface area contributed by atoms with Gasteiger partial charge in [-0.15, -0.1) is 5.73 Å². The van der Waals surface area contributed by atoms with Gasteiger partial charge in [0.15, 0.2) is 16.6 Å². The first-order chi connectivity index (χ1) is 11.1. The Balaban J connectivity index is 2.15. The number of epoxide rings is 1. The van der Waals surface area contributed by atoms with Crippen LogP contribution in [0, 0.1) is 0 Å². The van der Waals surface area contributed by atoms with E-state index in [1.165, 1.54) is 0 Å². The largest absolute Gasteiger partial charge is 0.411 e. The molecule has 0 aromatic heterocycles. The Morgan fingerprint density at radius 1 is 0.920 bits per heavy atom. The third-order valence-corrected chi connectivity index (χ3v) is 15.7. The predicted octanol–water partition coefficient (Wildman–Crippen LogP) is 5.65. The number of fused-ring (bicyclic) bond motifs is 1. The zero-order valence-electron chi connectivity index (χ0n) is 17.9. The number of ether oxygens (including phenoxy) is 1. The van der Waals surface area contributed by atoms with Gasteiger partial charge in [-0.05, 0) is 36.3 Å². The minimum absolute atomic E-state index is 0.00246. The highest BCUT2D eigenvalue weighted by molar-refractivity contribution is 6.74. The monoisotopic (exact) mass is 382 g/mol. The minimum Gasteiger partial charge on any atom is -0.411 e. The highest BCUT2D eigenvalue weighted by Crippen LogP contribution is 2.48. The fraction of sp³-hybridized carbons (Fsp3) is 0.850. The molecule has 1 aliphatic heterocycles. The molecule has 1 aliphatic carbocycles. The second-order valence-electron chi connectivity index (χ2n) is 10.7. The summed E-state index contributed by atoms with van der Waals surface area (Å²) in [5, 5.41) is 0.377. The molecule has 2 unspecified atom stereocenters. The van der Waals surface area contributed by atoms with Crippen molar-refractivity contribution >= 4 is 16.6 Å². The second kappa shape index (κ2) is 6.47. The third-order valence-electron chi connectivity index (χ3n) is 6.70. The minimum atomic E-state index is -1.87. The van der Waals surface area contributed by atoms with Crippen LogP contribution in [-0.4, -0.2) is 41.1 Å². The summed E-state index contributed by atoms with van der Waals surface area (Å²) in [6, 6.07) is 0. The van der Waals surface area contributed by atoms with Crippen LogP contribution < -0.4 is 0 Å². The van der Waals surface area contributed by atoms with E-state index in [9.17, 15) is 0 Å². The molecule has 3 nitrogen and oxygen atoms in total. The van der Waals surface area contributed by atoms with Crippen molar-refractivity contribution in [1.82, 2.24) is 0 Å². The van der Waals surface area contributed by atoms with Gasteiger partial charge in [0.1, 0.15) is 18.3 Å². The molecule has 4 atom stereocenters. The molecule has 1 saturated heterocycles. The lowest BCUT2D eigenvalue weighted by atomic mass is 9.91. The predicted molar refractivity (Wildman–Crippen MR) is 110 cm³/mol. The Morgan fingerprint density at radius 3 is 1.84 bits per heavy atom. The molecule has 1 saturated carbocycles. The summed E-state index contributed by atoms with van der Waals surface area (Å²) >= 11 is 0. The average molecular weight is 383 g/mol. The van der Waals surface area contributed by atoms with Crippen molar-refractivity contribution in [2.45, 2.75) is 109 Å². The van der Waals surface area contributed by atoms with Gasteiger partial charge < -0.3 is 13.6 Å². The third kappa shape index (κ3) is 4.23. The molecule has 0 bridgehead atoms. The van der Waals surface area contributed by atoms with E-state index in [-0.39, 0.29) is 34.5 Å². The van der Waals surface area contributed by atoms with Crippen LogP contribution in [0.2, 0.25) is 36.3 Å². The first-order valence-electron chi connectivity index (χ1n) is 9.51. The van der Waals surface area contributed by atoms with Gasteiger partial charge in [0, 0.05) is 12.0 Å². The van der Waals surface area contributed by atoms with Gasteiger partial charge in [0.05, 0.1) is 6.10 Å². The van der Waals surface area contributed by atoms with Gasteiger partial charge in [-0.2, -0.15) is 0 Å². The topological polar surface area (TPSA) is 31.0 Å². The van der Waals surface area contributed by atoms with Crippen LogP contribution in [0.5, 0.6) is 0 Å². The lowest BCUT2D eigenvalue weighted by Gasteiger charge is -2.42. The molecule has 0 amide bonds. The van der Waals surface area contributed by atoms with E-state index in [4.69, 9.17) is 13.6 Å². The van der Waals surface area contributed by atoms with E-state index >= 15 is 0 Å². The van der Waals surface area contributed by atoms with E-state index in [0.29, 0.717) is 0 Å². The van der Waals surface area contributed by atoms with Gasteiger partial charge in [-0.3, -0.25) is 0 Å². The Labute approximate surface area is 157 Å². The van der Waals surface area contributed by atoms with Crippen LogP contribution in [0.3, 0.4) is 0 Å². The van der Waals surface area contributed by atoms with E-state index < -0.39 is 16.6 Å². The molecule has 0 aromatic rings. The Bertz CT molecular complexity index is 562. The summed E-state index contributed by atoms with van der Waals surface area (Å²) in [4.78, 5) is 0. The Morgan fingerprint density at radius 2 is 1.40 bits per heavy atom. The summed E-state index contributed by atoms with van der Waals surface area (Å²) < 4.78 is 19.4. The molecule has 25 heavy (non-hydrogen) atoms. The SMILES string of the molecule is C=C=C1C[C@@H](O[Si](C)(C)C(C)(C)C)C2OC2[C@H]1O[Si](C)(C)C(C)(C)C. The van der Waals surface area contributed by atoms with E-state index in [1.807, 2.05) is 0 Å². The zero-order valence-corrected chi connectivity index (χ0v) is 19.9. The standard InChI is InChI=1S/C20H38O3Si2/c1-12-14-13-15(22-24(8,9)19(2,3)4)17-18(21-17)16(14)23-25(10,11)20(5,6)7/h15-18H,1,13H2,2-11H3/t15-,16+,17?,18?/m1/s1. The van der Waals surface area contributed by atoms with Crippen LogP contribution in [0.25, 0.3) is 0 Å². The van der Waals surface area contributed by atoms with Crippen molar-refractivity contribution in [3.05, 3.63) is 17.9 Å². The van der Waals surface area contributed by atoms with E-state index in [2.05, 4.69) is 80.0 Å². The van der Waals surface area contributed by atoms with Crippen LogP contribution in [-0.2, 0) is 13.6 Å². The molecule has 0 spiro atoms. The average Bonchev–Trinajstić information content (AvgIpc) is 3.18. The van der Waals surface area contributed by atoms with Crippen LogP contribution in [0.15, 0.2) is 17.9 Å². The maximum atomic E-state index is 6.68. The van der Waals surface area contributed by atoms with Crippen molar-refractivity contribution < 1.29 is 13.6 Å². The molecule has 0 N–H and O–H groups in total. The van der Waals surface area contributed by atoms with Crippen molar-refractivity contribution in [1.29, 1.82) is 0 Å². The zero-order chi connectivity index (χ0) is 19.4. The molecule has 144 valence electrons. The van der Waals surface area contributed by atoms with Crippen LogP contribution >= 0.6 is 0 Å². The summed E-state index contributed by atoms with van der Waals surface area (Å²) in [5.41, 5.74) is 4.29. The van der Waals surface area contributed by atoms with Gasteiger partial charge in [-0.1, -0.05) is 48.1 Å². The van der Waals surface area contributed by atoms with Gasteiger partial charge in [0.25, 0.3) is 0 Å². The quantitative estimate of drug-likeness (QED) is 0.357. The number of rotatable bonds is 4. The van der Waals surface area contributed by atoms with Crippen molar-refractivity contribution in [2.75, 3.05) is 0 Å². The highest BCUT2D eigenvalue weighted by Gasteiger charge is 2.59. The summed E-state index contributed by atoms with van der Waals surface area (Å²) in [5.74, 6) is 0. The van der Waals surface area contributed by atoms with E-state index in [0.717, 1.165) is 12.0 Å². The lowest BCUT2D eigenvalue weighted by molar-refractivity contribution is 0.126. The molecule has 2 rings (SSSR count). The summed E-state index contributed by atoms with van der Waals surface area (Å²) in [6.07, 6.45) is 1.23. The normalized spacial score (nSPS) is 30.7. The maximum Gasteiger partial charge on any atom is 0.193 e. The molecule has 1 heterocycles. The highest BCUT2D eigenvalue weighted by atomic mass is 28.4. The van der Waals surface area contributed by atoms with E-state index in [1.54, 1.807) is 0 Å². The van der Waals surface area contributed by atoms with Crippen LogP contribution in [0.1, 0.15) is 48.0 Å². The van der Waals surface area contributed by atoms with Crippen molar-refractivity contribution in [2.24, 2.45) is 0 Å². The summed E-state index contributed by atoms with van der Waals surface area (Å²) in [7, 11) is -3.69. The first-order valence-corrected chi connectivity index (χ1v) is 15.3. The second-order valence-corrected chi connectivity index (χ2v) is 20.2. The number of hydrogen-bond donors (Lipinski definition) is 0. The lowest BCUT2D eigenvalue weighted by Crippen LogP contribution is -2.51. The maximum absolute atomic E-state index is 6.68. The molecular weight excluding hydrogens is 344 g/mol. The van der Waals surface area contributed by atoms with Crippen molar-refractivity contribution in [3.63, 3.8) is 0 Å². The molecule has 0 radical (unpaired) electrons. The molecule has 2 aliphatic rings. The van der Waals surface area contributed by atoms with Crippen LogP contribution in [0.4, 0.5) is 0 Å². The first kappa shape index (κ1) is 21.1. The smallest absolute Gasteiger partial charge is 0.193 e. The number of hydrogen-bond acceptors (Lipinski definition) is 3. The fourth-order valence-electron chi connectivity index (χ4n) is 2.80. The Hall–Kier alpha value is -0.166. The molecule has 5 heteroatoms. The molecule has 2 fully saturated rings. The Kier molecular flexibility index (Phi) is 5.47. The molecule has 0 aromatic carbocycles. The summed E-state index contributed by atoms with van der Waals surface area (Å²) in [6.45, 7) is 26.8. The fourth-order valence-corrected chi connectivity index (χ4v) is 5.39. The van der Waals surface area contributed by atoms with Crippen molar-refractivity contribution in [3.8, 4) is 0 Å². The molecular formula is C20H38O3Si2. The van der Waals surface area contributed by atoms with Gasteiger partial charge >= 0.3 is 0 Å².